The smallest absolute Gasteiger partial charge is 0.264 e. The van der Waals surface area contributed by atoms with Crippen LogP contribution in [0.2, 0.25) is 0 Å². The minimum Gasteiger partial charge on any atom is -0.493 e. The van der Waals surface area contributed by atoms with E-state index in [0.29, 0.717) is 22.9 Å². The van der Waals surface area contributed by atoms with E-state index < -0.39 is 10.0 Å². The number of anilines is 1. The number of nitrogens with zero attached hydrogens (tertiary/aromatic N) is 2. The van der Waals surface area contributed by atoms with Crippen LogP contribution < -0.4 is 13.8 Å². The van der Waals surface area contributed by atoms with Gasteiger partial charge in [0.15, 0.2) is 11.5 Å². The summed E-state index contributed by atoms with van der Waals surface area (Å²) in [6.45, 7) is 0.210. The van der Waals surface area contributed by atoms with Gasteiger partial charge in [-0.3, -0.25) is 9.30 Å². The second-order valence-electron chi connectivity index (χ2n) is 7.67. The summed E-state index contributed by atoms with van der Waals surface area (Å²) < 4.78 is 39.3. The quantitative estimate of drug-likeness (QED) is 0.278. The van der Waals surface area contributed by atoms with Crippen LogP contribution in [0, 0.1) is 0 Å². The van der Waals surface area contributed by atoms with Gasteiger partial charge < -0.3 is 9.47 Å². The molecule has 0 aliphatic rings. The first-order chi connectivity index (χ1) is 17.0. The van der Waals surface area contributed by atoms with Gasteiger partial charge >= 0.3 is 0 Å². The van der Waals surface area contributed by atoms with E-state index in [-0.39, 0.29) is 11.4 Å². The minimum absolute atomic E-state index is 0.210. The van der Waals surface area contributed by atoms with Gasteiger partial charge in [-0.1, -0.05) is 54.6 Å². The molecule has 7 heteroatoms. The van der Waals surface area contributed by atoms with E-state index in [1.807, 2.05) is 48.5 Å². The Hall–Kier alpha value is -4.10. The van der Waals surface area contributed by atoms with Crippen molar-refractivity contribution in [1.29, 1.82) is 0 Å². The Kier molecular flexibility index (Phi) is 7.48. The van der Waals surface area contributed by atoms with Crippen molar-refractivity contribution < 1.29 is 17.9 Å². The minimum atomic E-state index is -3.77. The summed E-state index contributed by atoms with van der Waals surface area (Å²) in [5.41, 5.74) is 2.89. The van der Waals surface area contributed by atoms with Gasteiger partial charge in [-0.05, 0) is 54.1 Å². The van der Waals surface area contributed by atoms with Gasteiger partial charge in [0, 0.05) is 11.8 Å². The van der Waals surface area contributed by atoms with E-state index in [1.54, 1.807) is 75.0 Å². The molecule has 0 spiro atoms. The highest BCUT2D eigenvalue weighted by Gasteiger charge is 2.25. The number of hydrogen-bond acceptors (Lipinski definition) is 5. The largest absolute Gasteiger partial charge is 0.493 e. The fourth-order valence-corrected chi connectivity index (χ4v) is 5.12. The molecule has 178 valence electrons. The lowest BCUT2D eigenvalue weighted by Gasteiger charge is -2.25. The number of rotatable bonds is 9. The summed E-state index contributed by atoms with van der Waals surface area (Å²) in [6, 6.07) is 30.6. The zero-order valence-electron chi connectivity index (χ0n) is 19.5. The van der Waals surface area contributed by atoms with Crippen molar-refractivity contribution in [3.05, 3.63) is 114 Å². The van der Waals surface area contributed by atoms with Crippen LogP contribution >= 0.6 is 0 Å². The van der Waals surface area contributed by atoms with Crippen LogP contribution in [-0.4, -0.2) is 28.9 Å². The third-order valence-electron chi connectivity index (χ3n) is 5.42. The lowest BCUT2D eigenvalue weighted by molar-refractivity contribution is 0.354. The first-order valence-electron chi connectivity index (χ1n) is 11.0. The molecular weight excluding hydrogens is 460 g/mol. The molecule has 6 nitrogen and oxygen atoms in total. The number of hydrogen-bond donors (Lipinski definition) is 0. The second-order valence-corrected chi connectivity index (χ2v) is 9.53. The fourth-order valence-electron chi connectivity index (χ4n) is 3.65. The molecule has 35 heavy (non-hydrogen) atoms. The van der Waals surface area contributed by atoms with Crippen molar-refractivity contribution in [2.45, 2.75) is 11.4 Å². The number of sulfonamides is 1. The molecule has 0 amide bonds. The van der Waals surface area contributed by atoms with Crippen LogP contribution in [0.3, 0.4) is 0 Å². The predicted molar refractivity (Wildman–Crippen MR) is 139 cm³/mol. The van der Waals surface area contributed by atoms with E-state index in [2.05, 4.69) is 4.99 Å². The van der Waals surface area contributed by atoms with Crippen LogP contribution in [0.5, 0.6) is 11.5 Å². The highest BCUT2D eigenvalue weighted by Crippen LogP contribution is 2.31. The van der Waals surface area contributed by atoms with E-state index in [0.717, 1.165) is 11.1 Å². The van der Waals surface area contributed by atoms with Gasteiger partial charge in [0.2, 0.25) is 0 Å². The maximum atomic E-state index is 13.5. The number of benzene rings is 4. The zero-order chi connectivity index (χ0) is 24.7. The Morgan fingerprint density at radius 1 is 0.771 bits per heavy atom. The molecular formula is C28H26N2O4S. The molecule has 4 rings (SSSR count). The maximum Gasteiger partial charge on any atom is 0.264 e. The van der Waals surface area contributed by atoms with Crippen LogP contribution in [0.4, 0.5) is 11.4 Å². The molecule has 0 fully saturated rings. The predicted octanol–water partition coefficient (Wildman–Crippen LogP) is 5.85. The fraction of sp³-hybridized carbons (Fsp3) is 0.107. The Balaban J connectivity index is 1.65. The monoisotopic (exact) mass is 486 g/mol. The van der Waals surface area contributed by atoms with Crippen molar-refractivity contribution in [1.82, 2.24) is 0 Å². The van der Waals surface area contributed by atoms with Crippen molar-refractivity contribution >= 4 is 27.6 Å². The van der Waals surface area contributed by atoms with Crippen LogP contribution in [0.25, 0.3) is 0 Å². The lowest BCUT2D eigenvalue weighted by Crippen LogP contribution is -2.30. The van der Waals surface area contributed by atoms with Crippen molar-refractivity contribution in [3.8, 4) is 11.5 Å². The summed E-state index contributed by atoms with van der Waals surface area (Å²) in [6.07, 6.45) is 1.69. The van der Waals surface area contributed by atoms with E-state index in [1.165, 1.54) is 4.31 Å². The summed E-state index contributed by atoms with van der Waals surface area (Å²) in [5.74, 6) is 1.22. The van der Waals surface area contributed by atoms with Gasteiger partial charge in [0.25, 0.3) is 10.0 Å². The highest BCUT2D eigenvalue weighted by atomic mass is 32.2. The third kappa shape index (κ3) is 5.53. The average Bonchev–Trinajstić information content (AvgIpc) is 2.91. The van der Waals surface area contributed by atoms with Gasteiger partial charge in [-0.2, -0.15) is 0 Å². The van der Waals surface area contributed by atoms with Crippen LogP contribution in [0.15, 0.2) is 113 Å². The van der Waals surface area contributed by atoms with Gasteiger partial charge in [-0.15, -0.1) is 0 Å². The van der Waals surface area contributed by atoms with Crippen molar-refractivity contribution in [2.75, 3.05) is 18.5 Å². The van der Waals surface area contributed by atoms with Crippen LogP contribution in [-0.2, 0) is 16.6 Å². The number of ether oxygens (including phenoxy) is 2. The average molecular weight is 487 g/mol. The standard InChI is InChI=1S/C28H26N2O4S/c1-33-27-15-9-12-23(28(27)34-2)20-29-24-16-18-25(19-17-24)30(21-22-10-5-3-6-11-22)35(31,32)26-13-7-4-8-14-26/h3-20H,21H2,1-2H3. The Morgan fingerprint density at radius 2 is 1.43 bits per heavy atom. The molecule has 4 aromatic carbocycles. The molecule has 0 radical (unpaired) electrons. The Labute approximate surface area is 206 Å². The third-order valence-corrected chi connectivity index (χ3v) is 7.21. The Morgan fingerprint density at radius 3 is 2.06 bits per heavy atom. The summed E-state index contributed by atoms with van der Waals surface area (Å²) in [4.78, 5) is 4.78. The van der Waals surface area contributed by atoms with Crippen molar-refractivity contribution in [3.63, 3.8) is 0 Å². The van der Waals surface area contributed by atoms with Gasteiger partial charge in [0.05, 0.1) is 37.0 Å². The highest BCUT2D eigenvalue weighted by molar-refractivity contribution is 7.92. The summed E-state index contributed by atoms with van der Waals surface area (Å²) >= 11 is 0. The van der Waals surface area contributed by atoms with Crippen molar-refractivity contribution in [2.24, 2.45) is 4.99 Å². The van der Waals surface area contributed by atoms with E-state index >= 15 is 0 Å². The SMILES string of the molecule is COc1cccc(C=Nc2ccc(N(Cc3ccccc3)S(=O)(=O)c3ccccc3)cc2)c1OC. The van der Waals surface area contributed by atoms with Gasteiger partial charge in [0.1, 0.15) is 0 Å². The first kappa shape index (κ1) is 24.0. The van der Waals surface area contributed by atoms with Gasteiger partial charge in [-0.25, -0.2) is 8.42 Å². The van der Waals surface area contributed by atoms with E-state index in [4.69, 9.17) is 9.47 Å². The molecule has 0 aromatic heterocycles. The topological polar surface area (TPSA) is 68.2 Å². The molecule has 0 atom stereocenters. The van der Waals surface area contributed by atoms with E-state index in [9.17, 15) is 8.42 Å². The molecule has 4 aromatic rings. The molecule has 0 aliphatic carbocycles. The maximum absolute atomic E-state index is 13.5. The second kappa shape index (κ2) is 10.9. The summed E-state index contributed by atoms with van der Waals surface area (Å²) in [5, 5.41) is 0. The Bertz CT molecular complexity index is 1390. The molecule has 0 saturated heterocycles. The molecule has 0 N–H and O–H groups in total. The molecule has 0 heterocycles. The molecule has 0 bridgehead atoms. The van der Waals surface area contributed by atoms with Crippen LogP contribution in [0.1, 0.15) is 11.1 Å². The number of aliphatic imine (C=N–C) groups is 1. The number of methoxy groups -OCH3 is 2. The molecule has 0 aliphatic heterocycles. The zero-order valence-corrected chi connectivity index (χ0v) is 20.4. The summed E-state index contributed by atoms with van der Waals surface area (Å²) in [7, 11) is -0.605. The molecule has 0 saturated carbocycles. The molecule has 0 unspecified atom stereocenters. The normalized spacial score (nSPS) is 11.4. The first-order valence-corrected chi connectivity index (χ1v) is 12.4. The lowest BCUT2D eigenvalue weighted by atomic mass is 10.2. The number of para-hydroxylation sites is 1.